The van der Waals surface area contributed by atoms with Crippen LogP contribution >= 0.6 is 0 Å². The number of urea groups is 1. The number of carbonyl (C=O) groups is 2. The lowest BCUT2D eigenvalue weighted by Crippen LogP contribution is -2.52. The average Bonchev–Trinajstić information content (AvgIpc) is 2.99. The Bertz CT molecular complexity index is 1260. The molecule has 0 spiro atoms. The van der Waals surface area contributed by atoms with Crippen LogP contribution in [-0.2, 0) is 17.8 Å². The maximum atomic E-state index is 13.8. The molecule has 7 nitrogen and oxygen atoms in total. The van der Waals surface area contributed by atoms with E-state index in [-0.39, 0.29) is 18.0 Å². The van der Waals surface area contributed by atoms with Gasteiger partial charge in [0.05, 0.1) is 18.3 Å². The van der Waals surface area contributed by atoms with Crippen molar-refractivity contribution < 1.29 is 9.59 Å². The van der Waals surface area contributed by atoms with Crippen LogP contribution in [0.25, 0.3) is 11.1 Å². The predicted molar refractivity (Wildman–Crippen MR) is 151 cm³/mol. The van der Waals surface area contributed by atoms with Crippen molar-refractivity contribution in [2.45, 2.75) is 51.7 Å². The van der Waals surface area contributed by atoms with E-state index in [0.717, 1.165) is 40.9 Å². The summed E-state index contributed by atoms with van der Waals surface area (Å²) in [6.07, 6.45) is 1.56. The summed E-state index contributed by atoms with van der Waals surface area (Å²) in [6.45, 7) is 7.03. The molecule has 0 aromatic heterocycles. The topological polar surface area (TPSA) is 99.5 Å². The van der Waals surface area contributed by atoms with Gasteiger partial charge in [-0.15, -0.1) is 0 Å². The smallest absolute Gasteiger partial charge is 0.318 e. The molecule has 1 atom stereocenters. The van der Waals surface area contributed by atoms with Crippen molar-refractivity contribution in [3.8, 4) is 11.1 Å². The van der Waals surface area contributed by atoms with Crippen LogP contribution in [0.15, 0.2) is 66.7 Å². The summed E-state index contributed by atoms with van der Waals surface area (Å²) in [7, 11) is 1.59. The number of aryl methyl sites for hydroxylation is 2. The zero-order valence-electron chi connectivity index (χ0n) is 22.1. The number of rotatable bonds is 7. The Labute approximate surface area is 219 Å². The summed E-state index contributed by atoms with van der Waals surface area (Å²) in [4.78, 5) is 27.5. The lowest BCUT2D eigenvalue weighted by Gasteiger charge is -2.28. The highest BCUT2D eigenvalue weighted by atomic mass is 16.2. The highest BCUT2D eigenvalue weighted by Crippen LogP contribution is 2.31. The Kier molecular flexibility index (Phi) is 7.95. The summed E-state index contributed by atoms with van der Waals surface area (Å²) in [5, 5.41) is 8.88. The molecule has 3 aromatic rings. The molecule has 1 heterocycles. The highest BCUT2D eigenvalue weighted by molar-refractivity contribution is 5.98. The lowest BCUT2D eigenvalue weighted by atomic mass is 10.0. The molecule has 7 heteroatoms. The van der Waals surface area contributed by atoms with Gasteiger partial charge in [0.1, 0.15) is 0 Å². The third kappa shape index (κ3) is 6.56. The number of hydrogen-bond acceptors (Lipinski definition) is 4. The van der Waals surface area contributed by atoms with Crippen molar-refractivity contribution in [3.05, 3.63) is 83.4 Å². The van der Waals surface area contributed by atoms with E-state index in [2.05, 4.69) is 41.1 Å². The predicted octanol–water partition coefficient (Wildman–Crippen LogP) is 4.59. The average molecular weight is 500 g/mol. The number of amides is 3. The number of para-hydroxylation sites is 1. The summed E-state index contributed by atoms with van der Waals surface area (Å²) in [5.41, 5.74) is 12.8. The normalized spacial score (nSPS) is 15.6. The van der Waals surface area contributed by atoms with Gasteiger partial charge in [0.15, 0.2) is 0 Å². The van der Waals surface area contributed by atoms with E-state index in [1.807, 2.05) is 67.3 Å². The summed E-state index contributed by atoms with van der Waals surface area (Å²) in [5.74, 6) is 0.0658. The number of hydrogen-bond donors (Lipinski definition) is 4. The van der Waals surface area contributed by atoms with Crippen LogP contribution in [0.5, 0.6) is 0 Å². The Morgan fingerprint density at radius 1 is 1.08 bits per heavy atom. The van der Waals surface area contributed by atoms with Crippen LogP contribution in [0.3, 0.4) is 0 Å². The summed E-state index contributed by atoms with van der Waals surface area (Å²) in [6, 6.07) is 21.6. The van der Waals surface area contributed by atoms with Gasteiger partial charge in [-0.25, -0.2) is 4.79 Å². The first-order valence-electron chi connectivity index (χ1n) is 12.7. The Morgan fingerprint density at radius 2 is 1.81 bits per heavy atom. The maximum absolute atomic E-state index is 13.8. The van der Waals surface area contributed by atoms with E-state index in [1.165, 1.54) is 11.1 Å². The molecule has 0 unspecified atom stereocenters. The fourth-order valence-corrected chi connectivity index (χ4v) is 4.65. The second-order valence-corrected chi connectivity index (χ2v) is 10.5. The molecule has 0 aliphatic carbocycles. The molecule has 37 heavy (non-hydrogen) atoms. The molecular weight excluding hydrogens is 462 g/mol. The minimum absolute atomic E-state index is 0.0658. The lowest BCUT2D eigenvalue weighted by molar-refractivity contribution is -0.120. The Morgan fingerprint density at radius 3 is 2.51 bits per heavy atom. The first kappa shape index (κ1) is 26.4. The second-order valence-electron chi connectivity index (χ2n) is 10.5. The van der Waals surface area contributed by atoms with Crippen LogP contribution in [0.4, 0.5) is 16.2 Å². The molecule has 0 saturated carbocycles. The molecule has 1 aliphatic rings. The van der Waals surface area contributed by atoms with Crippen molar-refractivity contribution in [2.75, 3.05) is 23.8 Å². The first-order chi connectivity index (χ1) is 17.6. The molecule has 1 aliphatic heterocycles. The summed E-state index contributed by atoms with van der Waals surface area (Å²) >= 11 is 0. The van der Waals surface area contributed by atoms with Crippen LogP contribution < -0.4 is 26.6 Å². The molecule has 194 valence electrons. The van der Waals surface area contributed by atoms with Crippen molar-refractivity contribution in [1.82, 2.24) is 10.6 Å². The monoisotopic (exact) mass is 499 g/mol. The zero-order chi connectivity index (χ0) is 26.6. The van der Waals surface area contributed by atoms with E-state index < -0.39 is 5.54 Å². The zero-order valence-corrected chi connectivity index (χ0v) is 22.1. The number of benzene rings is 3. The van der Waals surface area contributed by atoms with Gasteiger partial charge in [0.2, 0.25) is 5.91 Å². The molecular formula is C30H37N5O2. The van der Waals surface area contributed by atoms with E-state index in [0.29, 0.717) is 13.1 Å². The fraction of sp³-hybridized carbons (Fsp3) is 0.333. The maximum Gasteiger partial charge on any atom is 0.318 e. The van der Waals surface area contributed by atoms with Crippen LogP contribution in [0, 0.1) is 6.92 Å². The number of anilines is 2. The molecule has 4 rings (SSSR count). The number of nitrogens with two attached hydrogens (primary N) is 1. The van der Waals surface area contributed by atoms with Gasteiger partial charge in [0, 0.05) is 30.4 Å². The van der Waals surface area contributed by atoms with Crippen molar-refractivity contribution >= 4 is 23.3 Å². The third-order valence-electron chi connectivity index (χ3n) is 6.60. The minimum atomic E-state index is -0.403. The quantitative estimate of drug-likeness (QED) is 0.382. The van der Waals surface area contributed by atoms with Gasteiger partial charge in [-0.05, 0) is 62.4 Å². The number of nitrogens with one attached hydrogen (secondary N) is 3. The van der Waals surface area contributed by atoms with E-state index in [9.17, 15) is 9.59 Å². The van der Waals surface area contributed by atoms with Gasteiger partial charge >= 0.3 is 6.03 Å². The van der Waals surface area contributed by atoms with Gasteiger partial charge in [-0.3, -0.25) is 4.79 Å². The standard InChI is InChI=1S/C30H37N5O2/c1-20-9-16-27-23(17-20)14-15-26(33-19-30(2,3)31)28(36)35(27)18-21-10-12-22(13-11-21)24-7-5-6-8-25(24)34-29(37)32-4/h5-13,16-17,26,33H,14-15,18-19,31H2,1-4H3,(H2,32,34,37)/t26-/m1/s1. The number of carbonyl (C=O) groups excluding carboxylic acids is 2. The molecule has 0 radical (unpaired) electrons. The van der Waals surface area contributed by atoms with Crippen molar-refractivity contribution in [3.63, 3.8) is 0 Å². The molecule has 0 fully saturated rings. The van der Waals surface area contributed by atoms with Crippen LogP contribution in [0.2, 0.25) is 0 Å². The van der Waals surface area contributed by atoms with Gasteiger partial charge in [0.25, 0.3) is 0 Å². The van der Waals surface area contributed by atoms with E-state index >= 15 is 0 Å². The minimum Gasteiger partial charge on any atom is -0.341 e. The van der Waals surface area contributed by atoms with Crippen LogP contribution in [-0.4, -0.2) is 37.1 Å². The fourth-order valence-electron chi connectivity index (χ4n) is 4.65. The molecule has 0 bridgehead atoms. The highest BCUT2D eigenvalue weighted by Gasteiger charge is 2.31. The summed E-state index contributed by atoms with van der Waals surface area (Å²) < 4.78 is 0. The van der Waals surface area contributed by atoms with Gasteiger partial charge in [-0.2, -0.15) is 0 Å². The molecule has 3 amide bonds. The van der Waals surface area contributed by atoms with E-state index in [1.54, 1.807) is 7.05 Å². The van der Waals surface area contributed by atoms with Crippen molar-refractivity contribution in [2.24, 2.45) is 5.73 Å². The Balaban J connectivity index is 1.60. The van der Waals surface area contributed by atoms with E-state index in [4.69, 9.17) is 5.73 Å². The molecule has 0 saturated heterocycles. The second kappa shape index (κ2) is 11.2. The SMILES string of the molecule is CNC(=O)Nc1ccccc1-c1ccc(CN2C(=O)[C@H](NCC(C)(C)N)CCc3cc(C)ccc32)cc1. The third-order valence-corrected chi connectivity index (χ3v) is 6.60. The van der Waals surface area contributed by atoms with Crippen molar-refractivity contribution in [1.29, 1.82) is 0 Å². The Hall–Kier alpha value is -3.68. The molecule has 5 N–H and O–H groups in total. The number of fused-ring (bicyclic) bond motifs is 1. The van der Waals surface area contributed by atoms with Gasteiger partial charge < -0.3 is 26.6 Å². The van der Waals surface area contributed by atoms with Gasteiger partial charge in [-0.1, -0.05) is 60.2 Å². The first-order valence-corrected chi connectivity index (χ1v) is 12.7. The molecule has 3 aromatic carbocycles. The van der Waals surface area contributed by atoms with Crippen LogP contribution in [0.1, 0.15) is 37.0 Å². The largest absolute Gasteiger partial charge is 0.341 e. The number of nitrogens with zero attached hydrogens (tertiary/aromatic N) is 1.